The van der Waals surface area contributed by atoms with Gasteiger partial charge in [0.1, 0.15) is 11.5 Å². The van der Waals surface area contributed by atoms with Gasteiger partial charge in [-0.15, -0.1) is 0 Å². The van der Waals surface area contributed by atoms with Crippen molar-refractivity contribution in [3.63, 3.8) is 0 Å². The van der Waals surface area contributed by atoms with Gasteiger partial charge in [-0.3, -0.25) is 0 Å². The van der Waals surface area contributed by atoms with Crippen LogP contribution in [0.25, 0.3) is 11.1 Å². The van der Waals surface area contributed by atoms with E-state index in [1.807, 2.05) is 6.07 Å². The van der Waals surface area contributed by atoms with Crippen LogP contribution in [-0.2, 0) is 6.42 Å². The summed E-state index contributed by atoms with van der Waals surface area (Å²) in [6, 6.07) is 32.2. The molecular weight excluding hydrogens is 328 g/mol. The number of para-hydroxylation sites is 1. The number of hydrogen-bond acceptors (Lipinski definition) is 1. The largest absolute Gasteiger partial charge is 0.457 e. The minimum atomic E-state index is 0.898. The molecule has 0 N–H and O–H groups in total. The van der Waals surface area contributed by atoms with Gasteiger partial charge in [0.25, 0.3) is 0 Å². The van der Waals surface area contributed by atoms with E-state index in [9.17, 15) is 0 Å². The van der Waals surface area contributed by atoms with Gasteiger partial charge >= 0.3 is 0 Å². The standard InChI is InChI=1S/C26H17O/c1-6-14-24-17(8-1)16-23-22(13-7-15-25(23)27-24)26-20-11-4-2-9-18(20)19-10-3-5-12-21(19)26/h1-15H,16H2. The molecule has 2 aliphatic rings. The van der Waals surface area contributed by atoms with Crippen LogP contribution >= 0.6 is 0 Å². The molecule has 4 aromatic carbocycles. The van der Waals surface area contributed by atoms with Crippen LogP contribution in [0.1, 0.15) is 27.8 Å². The van der Waals surface area contributed by atoms with E-state index in [2.05, 4.69) is 84.9 Å². The Morgan fingerprint density at radius 2 is 1.04 bits per heavy atom. The van der Waals surface area contributed by atoms with Gasteiger partial charge in [0.2, 0.25) is 0 Å². The minimum absolute atomic E-state index is 0.898. The molecule has 1 nitrogen and oxygen atoms in total. The maximum atomic E-state index is 6.24. The molecule has 0 amide bonds. The number of hydrogen-bond donors (Lipinski definition) is 0. The van der Waals surface area contributed by atoms with Gasteiger partial charge in [-0.05, 0) is 45.5 Å². The summed E-state index contributed by atoms with van der Waals surface area (Å²) in [7, 11) is 0. The molecule has 127 valence electrons. The Hall–Kier alpha value is -3.32. The van der Waals surface area contributed by atoms with Crippen LogP contribution in [0.4, 0.5) is 0 Å². The lowest BCUT2D eigenvalue weighted by Gasteiger charge is -2.25. The maximum absolute atomic E-state index is 6.24. The van der Waals surface area contributed by atoms with Crippen LogP contribution in [0.2, 0.25) is 0 Å². The molecule has 1 radical (unpaired) electrons. The van der Waals surface area contributed by atoms with Gasteiger partial charge < -0.3 is 4.74 Å². The van der Waals surface area contributed by atoms with E-state index >= 15 is 0 Å². The van der Waals surface area contributed by atoms with Gasteiger partial charge in [-0.2, -0.15) is 0 Å². The third kappa shape index (κ3) is 2.12. The van der Waals surface area contributed by atoms with E-state index in [0.717, 1.165) is 17.9 Å². The van der Waals surface area contributed by atoms with E-state index in [4.69, 9.17) is 4.74 Å². The van der Waals surface area contributed by atoms with E-state index in [0.29, 0.717) is 0 Å². The lowest BCUT2D eigenvalue weighted by Crippen LogP contribution is -2.10. The van der Waals surface area contributed by atoms with Crippen molar-refractivity contribution in [2.75, 3.05) is 0 Å². The summed E-state index contributed by atoms with van der Waals surface area (Å²) in [5.41, 5.74) is 9.06. The normalized spacial score (nSPS) is 13.9. The molecule has 1 aliphatic carbocycles. The van der Waals surface area contributed by atoms with Gasteiger partial charge in [-0.1, -0.05) is 78.9 Å². The topological polar surface area (TPSA) is 9.23 Å². The molecule has 0 unspecified atom stereocenters. The highest BCUT2D eigenvalue weighted by atomic mass is 16.5. The van der Waals surface area contributed by atoms with Crippen molar-refractivity contribution in [2.24, 2.45) is 0 Å². The van der Waals surface area contributed by atoms with Crippen molar-refractivity contribution in [1.82, 2.24) is 0 Å². The fourth-order valence-electron chi connectivity index (χ4n) is 4.44. The summed E-state index contributed by atoms with van der Waals surface area (Å²) < 4.78 is 6.24. The Labute approximate surface area is 158 Å². The first-order valence-electron chi connectivity index (χ1n) is 9.34. The second-order valence-electron chi connectivity index (χ2n) is 7.13. The Balaban J connectivity index is 1.58. The fraction of sp³-hybridized carbons (Fsp3) is 0.0385. The maximum Gasteiger partial charge on any atom is 0.131 e. The number of ether oxygens (including phenoxy) is 1. The summed E-state index contributed by atoms with van der Waals surface area (Å²) in [6.07, 6.45) is 0.898. The van der Waals surface area contributed by atoms with E-state index in [1.165, 1.54) is 44.9 Å². The van der Waals surface area contributed by atoms with Crippen LogP contribution < -0.4 is 4.74 Å². The predicted molar refractivity (Wildman–Crippen MR) is 108 cm³/mol. The van der Waals surface area contributed by atoms with Crippen LogP contribution in [0.3, 0.4) is 0 Å². The molecule has 0 atom stereocenters. The Morgan fingerprint density at radius 1 is 0.481 bits per heavy atom. The highest BCUT2D eigenvalue weighted by molar-refractivity contribution is 5.87. The fourth-order valence-corrected chi connectivity index (χ4v) is 4.44. The van der Waals surface area contributed by atoms with Crippen molar-refractivity contribution in [2.45, 2.75) is 6.42 Å². The second kappa shape index (κ2) is 5.59. The zero-order valence-electron chi connectivity index (χ0n) is 14.8. The van der Waals surface area contributed by atoms with Crippen molar-refractivity contribution >= 4 is 0 Å². The van der Waals surface area contributed by atoms with E-state index < -0.39 is 0 Å². The SMILES string of the molecule is c1ccc2c(c1)Cc1c(cccc1[C]1c3ccccc3-c3ccccc31)O2. The summed E-state index contributed by atoms with van der Waals surface area (Å²) in [6.45, 7) is 0. The summed E-state index contributed by atoms with van der Waals surface area (Å²) in [5, 5.41) is 0. The predicted octanol–water partition coefficient (Wildman–Crippen LogP) is 6.38. The molecule has 0 fully saturated rings. The van der Waals surface area contributed by atoms with Gasteiger partial charge in [-0.25, -0.2) is 0 Å². The van der Waals surface area contributed by atoms with Gasteiger partial charge in [0, 0.05) is 12.0 Å². The van der Waals surface area contributed by atoms with E-state index in [1.54, 1.807) is 0 Å². The molecule has 1 heteroatoms. The summed E-state index contributed by atoms with van der Waals surface area (Å²) in [4.78, 5) is 0. The van der Waals surface area contributed by atoms with Crippen molar-refractivity contribution in [3.8, 4) is 22.6 Å². The first kappa shape index (κ1) is 14.8. The number of rotatable bonds is 1. The molecule has 0 spiro atoms. The molecule has 6 rings (SSSR count). The monoisotopic (exact) mass is 345 g/mol. The molecular formula is C26H17O. The lowest BCUT2D eigenvalue weighted by atomic mass is 9.83. The Bertz CT molecular complexity index is 1140. The average molecular weight is 345 g/mol. The first-order valence-corrected chi connectivity index (χ1v) is 9.34. The van der Waals surface area contributed by atoms with Crippen molar-refractivity contribution < 1.29 is 4.74 Å². The minimum Gasteiger partial charge on any atom is -0.457 e. The third-order valence-corrected chi connectivity index (χ3v) is 5.65. The molecule has 1 aliphatic heterocycles. The molecule has 0 saturated heterocycles. The Kier molecular flexibility index (Phi) is 3.06. The first-order chi connectivity index (χ1) is 13.4. The molecule has 0 aromatic heterocycles. The van der Waals surface area contributed by atoms with Gasteiger partial charge in [0.05, 0.1) is 5.92 Å². The van der Waals surface area contributed by atoms with E-state index in [-0.39, 0.29) is 0 Å². The quantitative estimate of drug-likeness (QED) is 0.336. The summed E-state index contributed by atoms with van der Waals surface area (Å²) in [5.74, 6) is 3.26. The van der Waals surface area contributed by atoms with Gasteiger partial charge in [0.15, 0.2) is 0 Å². The zero-order chi connectivity index (χ0) is 17.8. The van der Waals surface area contributed by atoms with Crippen molar-refractivity contribution in [3.05, 3.63) is 125 Å². The molecule has 27 heavy (non-hydrogen) atoms. The Morgan fingerprint density at radius 3 is 1.78 bits per heavy atom. The van der Waals surface area contributed by atoms with Crippen molar-refractivity contribution in [1.29, 1.82) is 0 Å². The molecule has 0 bridgehead atoms. The molecule has 0 saturated carbocycles. The zero-order valence-corrected chi connectivity index (χ0v) is 14.8. The van der Waals surface area contributed by atoms with Crippen LogP contribution in [0.5, 0.6) is 11.5 Å². The van der Waals surface area contributed by atoms with Crippen LogP contribution in [-0.4, -0.2) is 0 Å². The average Bonchev–Trinajstić information content (AvgIpc) is 3.06. The smallest absolute Gasteiger partial charge is 0.131 e. The highest BCUT2D eigenvalue weighted by Crippen LogP contribution is 2.50. The lowest BCUT2D eigenvalue weighted by molar-refractivity contribution is 0.459. The second-order valence-corrected chi connectivity index (χ2v) is 7.13. The van der Waals surface area contributed by atoms with Crippen LogP contribution in [0.15, 0.2) is 91.0 Å². The summed E-state index contributed by atoms with van der Waals surface area (Å²) >= 11 is 0. The highest BCUT2D eigenvalue weighted by Gasteiger charge is 2.33. The third-order valence-electron chi connectivity index (χ3n) is 5.65. The molecule has 4 aromatic rings. The number of benzene rings is 4. The number of fused-ring (bicyclic) bond motifs is 5. The molecule has 1 heterocycles. The van der Waals surface area contributed by atoms with Crippen LogP contribution in [0, 0.1) is 5.92 Å².